The highest BCUT2D eigenvalue weighted by molar-refractivity contribution is 5.78. The summed E-state index contributed by atoms with van der Waals surface area (Å²) in [6.07, 6.45) is 3.91. The molecule has 22 heavy (non-hydrogen) atoms. The molecule has 1 aromatic heterocycles. The van der Waals surface area contributed by atoms with E-state index in [1.807, 2.05) is 0 Å². The molecule has 1 unspecified atom stereocenters. The number of H-pyrrole nitrogens is 2. The molecule has 1 amide bonds. The summed E-state index contributed by atoms with van der Waals surface area (Å²) in [6.45, 7) is 4.74. The number of nitrogens with one attached hydrogen (secondary N) is 2. The van der Waals surface area contributed by atoms with Crippen molar-refractivity contribution in [2.24, 2.45) is 5.41 Å². The molecule has 3 N–H and O–H groups in total. The van der Waals surface area contributed by atoms with E-state index in [4.69, 9.17) is 0 Å². The Bertz CT molecular complexity index is 663. The van der Waals surface area contributed by atoms with Crippen molar-refractivity contribution < 1.29 is 9.90 Å². The minimum absolute atomic E-state index is 0.00557. The first-order valence-electron chi connectivity index (χ1n) is 7.30. The lowest BCUT2D eigenvalue weighted by atomic mass is 9.77. The Kier molecular flexibility index (Phi) is 4.97. The number of amides is 1. The van der Waals surface area contributed by atoms with Crippen LogP contribution in [0, 0.1) is 5.41 Å². The van der Waals surface area contributed by atoms with Crippen LogP contribution in [0.1, 0.15) is 24.8 Å². The smallest absolute Gasteiger partial charge is 0.266 e. The minimum Gasteiger partial charge on any atom is -0.396 e. The number of likely N-dealkylation sites (tertiary alicyclic amines) is 1. The third kappa shape index (κ3) is 3.54. The van der Waals surface area contributed by atoms with Crippen LogP contribution in [0.5, 0.6) is 0 Å². The molecular formula is C15H21N3O4. The summed E-state index contributed by atoms with van der Waals surface area (Å²) >= 11 is 0. The van der Waals surface area contributed by atoms with Gasteiger partial charge in [0.05, 0.1) is 13.0 Å². The van der Waals surface area contributed by atoms with Gasteiger partial charge in [0.15, 0.2) is 0 Å². The van der Waals surface area contributed by atoms with Crippen LogP contribution in [-0.4, -0.2) is 45.8 Å². The molecule has 1 aliphatic heterocycles. The number of aromatic nitrogens is 2. The Balaban J connectivity index is 2.12. The van der Waals surface area contributed by atoms with Crippen LogP contribution < -0.4 is 11.1 Å². The lowest BCUT2D eigenvalue weighted by molar-refractivity contribution is -0.134. The highest BCUT2D eigenvalue weighted by Gasteiger charge is 2.35. The van der Waals surface area contributed by atoms with E-state index in [-0.39, 0.29) is 29.9 Å². The number of aliphatic hydroxyl groups excluding tert-OH is 1. The lowest BCUT2D eigenvalue weighted by Gasteiger charge is -2.41. The molecule has 7 heteroatoms. The SMILES string of the molecule is C=CCC1(CO)CCCN(C(=O)Cc2cc(=O)[nH][nH]c2=O)C1. The first-order chi connectivity index (χ1) is 10.5. The van der Waals surface area contributed by atoms with Gasteiger partial charge in [-0.1, -0.05) is 6.08 Å². The summed E-state index contributed by atoms with van der Waals surface area (Å²) in [5, 5.41) is 14.0. The maximum Gasteiger partial charge on any atom is 0.266 e. The number of hydrogen-bond donors (Lipinski definition) is 3. The quantitative estimate of drug-likeness (QED) is 0.654. The molecule has 0 aliphatic carbocycles. The Labute approximate surface area is 127 Å². The number of carbonyl (C=O) groups is 1. The van der Waals surface area contributed by atoms with Crippen molar-refractivity contribution in [2.75, 3.05) is 19.7 Å². The Morgan fingerprint density at radius 1 is 1.45 bits per heavy atom. The maximum atomic E-state index is 12.4. The van der Waals surface area contributed by atoms with Crippen molar-refractivity contribution in [1.82, 2.24) is 15.1 Å². The highest BCUT2D eigenvalue weighted by Crippen LogP contribution is 2.33. The van der Waals surface area contributed by atoms with Gasteiger partial charge < -0.3 is 10.0 Å². The van der Waals surface area contributed by atoms with Gasteiger partial charge in [-0.2, -0.15) is 0 Å². The van der Waals surface area contributed by atoms with Gasteiger partial charge in [-0.25, -0.2) is 0 Å². The summed E-state index contributed by atoms with van der Waals surface area (Å²) in [7, 11) is 0. The van der Waals surface area contributed by atoms with Crippen LogP contribution in [0.15, 0.2) is 28.3 Å². The second-order valence-electron chi connectivity index (χ2n) is 5.86. The van der Waals surface area contributed by atoms with Gasteiger partial charge >= 0.3 is 0 Å². The Morgan fingerprint density at radius 2 is 2.23 bits per heavy atom. The molecule has 7 nitrogen and oxygen atoms in total. The summed E-state index contributed by atoms with van der Waals surface area (Å²) in [6, 6.07) is 1.14. The summed E-state index contributed by atoms with van der Waals surface area (Å²) in [5.74, 6) is -0.210. The van der Waals surface area contributed by atoms with E-state index >= 15 is 0 Å². The van der Waals surface area contributed by atoms with Gasteiger partial charge in [-0.3, -0.25) is 24.6 Å². The molecule has 0 radical (unpaired) electrons. The number of carbonyl (C=O) groups excluding carboxylic acids is 1. The van der Waals surface area contributed by atoms with Crippen molar-refractivity contribution in [3.05, 3.63) is 45.0 Å². The van der Waals surface area contributed by atoms with Gasteiger partial charge in [0, 0.05) is 30.1 Å². The summed E-state index contributed by atoms with van der Waals surface area (Å²) in [5.41, 5.74) is -1.12. The molecule has 1 saturated heterocycles. The van der Waals surface area contributed by atoms with Crippen LogP contribution >= 0.6 is 0 Å². The number of hydrogen-bond acceptors (Lipinski definition) is 4. The molecule has 0 saturated carbocycles. The standard InChI is InChI=1S/C15H21N3O4/c1-2-4-15(10-19)5-3-6-18(9-15)13(21)8-11-7-12(20)16-17-14(11)22/h2,7,19H,1,3-6,8-10H2,(H,16,20)(H,17,22). The largest absolute Gasteiger partial charge is 0.396 e. The van der Waals surface area contributed by atoms with Crippen LogP contribution in [0.4, 0.5) is 0 Å². The minimum atomic E-state index is -0.468. The first kappa shape index (κ1) is 16.2. The zero-order chi connectivity index (χ0) is 16.2. The van der Waals surface area contributed by atoms with E-state index < -0.39 is 11.1 Å². The third-order valence-corrected chi connectivity index (χ3v) is 4.16. The second-order valence-corrected chi connectivity index (χ2v) is 5.86. The lowest BCUT2D eigenvalue weighted by Crippen LogP contribution is -2.48. The maximum absolute atomic E-state index is 12.4. The van der Waals surface area contributed by atoms with Crippen LogP contribution in [0.2, 0.25) is 0 Å². The Morgan fingerprint density at radius 3 is 2.91 bits per heavy atom. The van der Waals surface area contributed by atoms with Crippen LogP contribution in [0.3, 0.4) is 0 Å². The number of aromatic amines is 2. The average Bonchev–Trinajstić information content (AvgIpc) is 2.51. The summed E-state index contributed by atoms with van der Waals surface area (Å²) in [4.78, 5) is 36.9. The molecule has 0 spiro atoms. The molecule has 1 atom stereocenters. The monoisotopic (exact) mass is 307 g/mol. The zero-order valence-corrected chi connectivity index (χ0v) is 12.4. The van der Waals surface area contributed by atoms with Crippen LogP contribution in [-0.2, 0) is 11.2 Å². The number of aliphatic hydroxyl groups is 1. The van der Waals surface area contributed by atoms with Crippen molar-refractivity contribution in [2.45, 2.75) is 25.7 Å². The molecule has 120 valence electrons. The fourth-order valence-corrected chi connectivity index (χ4v) is 2.95. The van der Waals surface area contributed by atoms with E-state index in [9.17, 15) is 19.5 Å². The predicted octanol–water partition coefficient (Wildman–Crippen LogP) is -0.217. The number of nitrogens with zero attached hydrogens (tertiary/aromatic N) is 1. The van der Waals surface area contributed by atoms with Gasteiger partial charge in [0.25, 0.3) is 11.1 Å². The van der Waals surface area contributed by atoms with Gasteiger partial charge in [-0.05, 0) is 19.3 Å². The Hall–Kier alpha value is -2.15. The predicted molar refractivity (Wildman–Crippen MR) is 81.5 cm³/mol. The van der Waals surface area contributed by atoms with Crippen molar-refractivity contribution in [1.29, 1.82) is 0 Å². The zero-order valence-electron chi connectivity index (χ0n) is 12.4. The topological polar surface area (TPSA) is 106 Å². The van der Waals surface area contributed by atoms with E-state index in [2.05, 4.69) is 16.8 Å². The molecule has 2 rings (SSSR count). The number of piperidine rings is 1. The summed E-state index contributed by atoms with van der Waals surface area (Å²) < 4.78 is 0. The van der Waals surface area contributed by atoms with Gasteiger partial charge in [0.2, 0.25) is 5.91 Å². The molecular weight excluding hydrogens is 286 g/mol. The fourth-order valence-electron chi connectivity index (χ4n) is 2.95. The van der Waals surface area contributed by atoms with E-state index in [0.717, 1.165) is 18.9 Å². The first-order valence-corrected chi connectivity index (χ1v) is 7.30. The molecule has 0 aromatic carbocycles. The fraction of sp³-hybridized carbons (Fsp3) is 0.533. The number of allylic oxidation sites excluding steroid dienone is 1. The molecule has 2 heterocycles. The average molecular weight is 307 g/mol. The second kappa shape index (κ2) is 6.74. The van der Waals surface area contributed by atoms with E-state index in [0.29, 0.717) is 19.5 Å². The van der Waals surface area contributed by atoms with Crippen molar-refractivity contribution in [3.63, 3.8) is 0 Å². The molecule has 1 fully saturated rings. The molecule has 1 aromatic rings. The number of rotatable bonds is 5. The van der Waals surface area contributed by atoms with Gasteiger partial charge in [0.1, 0.15) is 0 Å². The van der Waals surface area contributed by atoms with Gasteiger partial charge in [-0.15, -0.1) is 6.58 Å². The van der Waals surface area contributed by atoms with Crippen molar-refractivity contribution >= 4 is 5.91 Å². The highest BCUT2D eigenvalue weighted by atomic mass is 16.3. The van der Waals surface area contributed by atoms with Crippen molar-refractivity contribution in [3.8, 4) is 0 Å². The van der Waals surface area contributed by atoms with Crippen LogP contribution in [0.25, 0.3) is 0 Å². The molecule has 0 bridgehead atoms. The third-order valence-electron chi connectivity index (χ3n) is 4.16. The molecule has 1 aliphatic rings. The normalized spacial score (nSPS) is 21.6. The van der Waals surface area contributed by atoms with E-state index in [1.54, 1.807) is 11.0 Å². The van der Waals surface area contributed by atoms with E-state index in [1.165, 1.54) is 0 Å².